The maximum atomic E-state index is 13.2. The average Bonchev–Trinajstić information content (AvgIpc) is 3.03. The number of ketones is 1. The molecular formula is C23H34O5. The summed E-state index contributed by atoms with van der Waals surface area (Å²) in [5.41, 5.74) is -1.59. The lowest BCUT2D eigenvalue weighted by Crippen LogP contribution is -2.74. The second-order valence-electron chi connectivity index (χ2n) is 10.7. The quantitative estimate of drug-likeness (QED) is 0.572. The molecule has 0 aliphatic heterocycles. The van der Waals surface area contributed by atoms with Crippen molar-refractivity contribution >= 4 is 11.8 Å². The van der Waals surface area contributed by atoms with E-state index in [9.17, 15) is 19.8 Å². The van der Waals surface area contributed by atoms with E-state index in [4.69, 9.17) is 4.74 Å². The highest BCUT2D eigenvalue weighted by molar-refractivity contribution is 5.86. The number of Topliss-reactive ketones (excluding diaryl/α,β-unsaturated/α-hetero) is 1. The summed E-state index contributed by atoms with van der Waals surface area (Å²) >= 11 is 0. The number of esters is 1. The van der Waals surface area contributed by atoms with Crippen LogP contribution in [0.15, 0.2) is 12.7 Å². The Hall–Kier alpha value is -1.20. The molecule has 5 aliphatic carbocycles. The second-order valence-corrected chi connectivity index (χ2v) is 10.7. The summed E-state index contributed by atoms with van der Waals surface area (Å²) in [5, 5.41) is 20.8. The molecule has 9 atom stereocenters. The standard InChI is InChI=1S/C23H34O5/c1-6-20(3)12-21(4)15-8-10-23(13(2)18(20)27)9-7-14(25)17(23)22(15,5)19(21)28-16(26)11-24/h6,13,15,17-19,24,27H,1,7-12H2,2-5H3/t13?,15?,17?,18?,19?,20-,21?,22?,23?/m1/s1. The van der Waals surface area contributed by atoms with Crippen molar-refractivity contribution in [1.29, 1.82) is 0 Å². The molecule has 5 nitrogen and oxygen atoms in total. The highest BCUT2D eigenvalue weighted by Gasteiger charge is 2.79. The van der Waals surface area contributed by atoms with Gasteiger partial charge in [0.15, 0.2) is 0 Å². The maximum Gasteiger partial charge on any atom is 0.332 e. The molecule has 0 aromatic rings. The largest absolute Gasteiger partial charge is 0.459 e. The molecule has 28 heavy (non-hydrogen) atoms. The summed E-state index contributed by atoms with van der Waals surface area (Å²) in [6.07, 6.45) is 4.70. The zero-order valence-corrected chi connectivity index (χ0v) is 17.5. The van der Waals surface area contributed by atoms with Gasteiger partial charge in [0.2, 0.25) is 0 Å². The molecule has 0 heterocycles. The molecule has 8 unspecified atom stereocenters. The van der Waals surface area contributed by atoms with E-state index < -0.39 is 35.6 Å². The third kappa shape index (κ3) is 2.10. The molecule has 0 saturated heterocycles. The Bertz CT molecular complexity index is 733. The van der Waals surface area contributed by atoms with Gasteiger partial charge in [0.05, 0.1) is 6.10 Å². The van der Waals surface area contributed by atoms with Crippen LogP contribution in [0.2, 0.25) is 0 Å². The van der Waals surface area contributed by atoms with Crippen molar-refractivity contribution in [3.05, 3.63) is 12.7 Å². The number of fused-ring (bicyclic) bond motifs is 4. The van der Waals surface area contributed by atoms with Crippen LogP contribution in [-0.4, -0.2) is 40.8 Å². The summed E-state index contributed by atoms with van der Waals surface area (Å²) in [6.45, 7) is 11.8. The Morgan fingerprint density at radius 3 is 2.61 bits per heavy atom. The molecule has 5 aliphatic rings. The Balaban J connectivity index is 1.93. The van der Waals surface area contributed by atoms with E-state index >= 15 is 0 Å². The smallest absolute Gasteiger partial charge is 0.332 e. The lowest BCUT2D eigenvalue weighted by atomic mass is 9.33. The van der Waals surface area contributed by atoms with E-state index in [0.717, 1.165) is 19.3 Å². The average molecular weight is 391 g/mol. The number of hydrogen-bond acceptors (Lipinski definition) is 5. The SMILES string of the molecule is C=C[C@]1(C)CC2(C)C3CCC4(CCC(=O)C4C3(C)C2OC(=O)CO)C(C)C1O. The number of aliphatic hydroxyl groups is 2. The van der Waals surface area contributed by atoms with Crippen molar-refractivity contribution in [2.45, 2.75) is 72.0 Å². The van der Waals surface area contributed by atoms with Gasteiger partial charge < -0.3 is 14.9 Å². The molecule has 5 heteroatoms. The van der Waals surface area contributed by atoms with Crippen molar-refractivity contribution < 1.29 is 24.5 Å². The number of ether oxygens (including phenoxy) is 1. The van der Waals surface area contributed by atoms with Gasteiger partial charge in [-0.25, -0.2) is 4.79 Å². The second kappa shape index (κ2) is 5.91. The fourth-order valence-corrected chi connectivity index (χ4v) is 8.67. The lowest BCUT2D eigenvalue weighted by molar-refractivity contribution is -0.294. The first-order chi connectivity index (χ1) is 13.0. The third-order valence-electron chi connectivity index (χ3n) is 9.63. The van der Waals surface area contributed by atoms with Crippen LogP contribution in [-0.2, 0) is 14.3 Å². The Kier molecular flexibility index (Phi) is 4.24. The van der Waals surface area contributed by atoms with Crippen molar-refractivity contribution in [1.82, 2.24) is 0 Å². The van der Waals surface area contributed by atoms with E-state index in [1.807, 2.05) is 13.0 Å². The fourth-order valence-electron chi connectivity index (χ4n) is 8.67. The monoisotopic (exact) mass is 390 g/mol. The zero-order valence-electron chi connectivity index (χ0n) is 17.5. The van der Waals surface area contributed by atoms with Crippen LogP contribution >= 0.6 is 0 Å². The predicted molar refractivity (Wildman–Crippen MR) is 104 cm³/mol. The minimum Gasteiger partial charge on any atom is -0.459 e. The number of rotatable bonds is 3. The predicted octanol–water partition coefficient (Wildman–Crippen LogP) is 2.89. The van der Waals surface area contributed by atoms with Gasteiger partial charge in [-0.15, -0.1) is 6.58 Å². The third-order valence-corrected chi connectivity index (χ3v) is 9.63. The van der Waals surface area contributed by atoms with Gasteiger partial charge in [-0.1, -0.05) is 33.8 Å². The first-order valence-electron chi connectivity index (χ1n) is 10.7. The van der Waals surface area contributed by atoms with Gasteiger partial charge in [-0.05, 0) is 42.9 Å². The van der Waals surface area contributed by atoms with Crippen LogP contribution in [0.3, 0.4) is 0 Å². The Morgan fingerprint density at radius 2 is 2.00 bits per heavy atom. The Labute approximate surface area is 167 Å². The van der Waals surface area contributed by atoms with Crippen LogP contribution < -0.4 is 0 Å². The number of carbonyl (C=O) groups excluding carboxylic acids is 2. The van der Waals surface area contributed by atoms with Crippen LogP contribution in [0, 0.1) is 39.4 Å². The fraction of sp³-hybridized carbons (Fsp3) is 0.826. The first kappa shape index (κ1) is 20.1. The zero-order chi connectivity index (χ0) is 20.7. The summed E-state index contributed by atoms with van der Waals surface area (Å²) in [4.78, 5) is 25.3. The summed E-state index contributed by atoms with van der Waals surface area (Å²) < 4.78 is 5.86. The molecule has 0 radical (unpaired) electrons. The molecule has 0 aromatic carbocycles. The molecule has 5 saturated carbocycles. The maximum absolute atomic E-state index is 13.2. The van der Waals surface area contributed by atoms with Gasteiger partial charge >= 0.3 is 5.97 Å². The van der Waals surface area contributed by atoms with Crippen LogP contribution in [0.25, 0.3) is 0 Å². The van der Waals surface area contributed by atoms with Crippen molar-refractivity contribution in [3.63, 3.8) is 0 Å². The van der Waals surface area contributed by atoms with Crippen molar-refractivity contribution in [2.75, 3.05) is 6.61 Å². The molecule has 5 rings (SSSR count). The van der Waals surface area contributed by atoms with E-state index in [-0.39, 0.29) is 34.4 Å². The van der Waals surface area contributed by atoms with Crippen LogP contribution in [0.4, 0.5) is 0 Å². The Morgan fingerprint density at radius 1 is 1.32 bits per heavy atom. The van der Waals surface area contributed by atoms with Crippen LogP contribution in [0.1, 0.15) is 59.8 Å². The van der Waals surface area contributed by atoms with Crippen LogP contribution in [0.5, 0.6) is 0 Å². The molecule has 0 amide bonds. The summed E-state index contributed by atoms with van der Waals surface area (Å²) in [7, 11) is 0. The van der Waals surface area contributed by atoms with Crippen molar-refractivity contribution in [3.8, 4) is 0 Å². The number of hydrogen-bond donors (Lipinski definition) is 2. The highest BCUT2D eigenvalue weighted by Crippen LogP contribution is 2.78. The molecule has 156 valence electrons. The molecule has 5 fully saturated rings. The number of carbonyl (C=O) groups is 2. The minimum absolute atomic E-state index is 0.0399. The van der Waals surface area contributed by atoms with Gasteiger partial charge in [-0.3, -0.25) is 4.79 Å². The first-order valence-corrected chi connectivity index (χ1v) is 10.7. The minimum atomic E-state index is -0.658. The summed E-state index contributed by atoms with van der Waals surface area (Å²) in [6, 6.07) is 0. The highest BCUT2D eigenvalue weighted by atomic mass is 16.6. The summed E-state index contributed by atoms with van der Waals surface area (Å²) in [5.74, 6) is -0.387. The molecule has 1 spiro atoms. The number of aliphatic hydroxyl groups excluding tert-OH is 2. The normalized spacial score (nSPS) is 54.8. The van der Waals surface area contributed by atoms with Gasteiger partial charge in [0, 0.05) is 28.6 Å². The topological polar surface area (TPSA) is 83.8 Å². The van der Waals surface area contributed by atoms with E-state index in [2.05, 4.69) is 27.4 Å². The van der Waals surface area contributed by atoms with E-state index in [1.54, 1.807) is 0 Å². The molecule has 0 aromatic heterocycles. The molecule has 2 N–H and O–H groups in total. The van der Waals surface area contributed by atoms with E-state index in [0.29, 0.717) is 12.8 Å². The van der Waals surface area contributed by atoms with Gasteiger partial charge in [-0.2, -0.15) is 0 Å². The van der Waals surface area contributed by atoms with Gasteiger partial charge in [0.25, 0.3) is 0 Å². The molecular weight excluding hydrogens is 356 g/mol. The van der Waals surface area contributed by atoms with Gasteiger partial charge in [0.1, 0.15) is 18.5 Å². The molecule has 4 bridgehead atoms. The van der Waals surface area contributed by atoms with E-state index in [1.165, 1.54) is 0 Å². The lowest BCUT2D eigenvalue weighted by Gasteiger charge is -2.72. The van der Waals surface area contributed by atoms with Crippen molar-refractivity contribution in [2.24, 2.45) is 39.4 Å².